The number of nitrogens with two attached hydrogens (primary N) is 1. The Balaban J connectivity index is 2.91. The molecule has 0 amide bonds. The van der Waals surface area contributed by atoms with E-state index in [-0.39, 0.29) is 0 Å². The summed E-state index contributed by atoms with van der Waals surface area (Å²) in [4.78, 5) is 4.07. The van der Waals surface area contributed by atoms with Gasteiger partial charge in [0.15, 0.2) is 5.65 Å². The summed E-state index contributed by atoms with van der Waals surface area (Å²) in [5, 5.41) is 4.06. The number of hydrogen-bond donors (Lipinski definition) is 1. The van der Waals surface area contributed by atoms with Crippen LogP contribution in [0.1, 0.15) is 5.69 Å². The van der Waals surface area contributed by atoms with Crippen LogP contribution in [0.5, 0.6) is 0 Å². The number of aromatic nitrogens is 3. The van der Waals surface area contributed by atoms with Gasteiger partial charge in [-0.15, -0.1) is 0 Å². The Morgan fingerprint density at radius 3 is 3.18 bits per heavy atom. The van der Waals surface area contributed by atoms with Gasteiger partial charge in [-0.25, -0.2) is 9.50 Å². The van der Waals surface area contributed by atoms with E-state index in [1.54, 1.807) is 16.8 Å². The molecule has 0 bridgehead atoms. The van der Waals surface area contributed by atoms with Crippen LogP contribution >= 0.6 is 0 Å². The molecule has 0 atom stereocenters. The first kappa shape index (κ1) is 6.15. The smallest absolute Gasteiger partial charge is 0.157 e. The fraction of sp³-hybridized carbons (Fsp3) is 0.143. The fourth-order valence-electron chi connectivity index (χ4n) is 1.09. The topological polar surface area (TPSA) is 56.2 Å². The van der Waals surface area contributed by atoms with Crippen molar-refractivity contribution in [3.63, 3.8) is 0 Å². The van der Waals surface area contributed by atoms with Gasteiger partial charge in [-0.3, -0.25) is 0 Å². The molecule has 0 spiro atoms. The van der Waals surface area contributed by atoms with E-state index in [0.717, 1.165) is 11.3 Å². The van der Waals surface area contributed by atoms with E-state index in [4.69, 9.17) is 5.73 Å². The van der Waals surface area contributed by atoms with Crippen LogP contribution in [-0.2, 0) is 0 Å². The zero-order valence-corrected chi connectivity index (χ0v) is 6.15. The van der Waals surface area contributed by atoms with Crippen LogP contribution in [0.3, 0.4) is 0 Å². The van der Waals surface area contributed by atoms with E-state index in [1.165, 1.54) is 0 Å². The number of anilines is 1. The predicted molar refractivity (Wildman–Crippen MR) is 42.1 cm³/mol. The molecule has 4 heteroatoms. The van der Waals surface area contributed by atoms with Crippen LogP contribution in [0.25, 0.3) is 5.65 Å². The third kappa shape index (κ3) is 0.832. The average molecular weight is 148 g/mol. The molecule has 11 heavy (non-hydrogen) atoms. The number of rotatable bonds is 0. The van der Waals surface area contributed by atoms with E-state index >= 15 is 0 Å². The quantitative estimate of drug-likeness (QED) is 0.595. The molecule has 0 saturated heterocycles. The minimum absolute atomic E-state index is 0.538. The van der Waals surface area contributed by atoms with Crippen LogP contribution in [0.4, 0.5) is 5.82 Å². The second-order valence-electron chi connectivity index (χ2n) is 2.42. The average Bonchev–Trinajstić information content (AvgIpc) is 2.34. The maximum atomic E-state index is 5.53. The molecule has 0 aliphatic carbocycles. The third-order valence-corrected chi connectivity index (χ3v) is 1.56. The highest BCUT2D eigenvalue weighted by Crippen LogP contribution is 2.06. The molecule has 0 saturated carbocycles. The second-order valence-corrected chi connectivity index (χ2v) is 2.42. The zero-order chi connectivity index (χ0) is 7.84. The largest absolute Gasteiger partial charge is 0.384 e. The van der Waals surface area contributed by atoms with Crippen LogP contribution < -0.4 is 5.73 Å². The highest BCUT2D eigenvalue weighted by molar-refractivity contribution is 5.45. The van der Waals surface area contributed by atoms with Gasteiger partial charge in [-0.2, -0.15) is 5.10 Å². The molecule has 0 unspecified atom stereocenters. The van der Waals surface area contributed by atoms with Gasteiger partial charge >= 0.3 is 0 Å². The van der Waals surface area contributed by atoms with Crippen molar-refractivity contribution in [2.75, 3.05) is 5.73 Å². The van der Waals surface area contributed by atoms with Crippen molar-refractivity contribution < 1.29 is 0 Å². The molecule has 2 aromatic rings. The van der Waals surface area contributed by atoms with Crippen molar-refractivity contribution in [3.8, 4) is 0 Å². The van der Waals surface area contributed by atoms with Gasteiger partial charge < -0.3 is 5.73 Å². The van der Waals surface area contributed by atoms with Gasteiger partial charge in [0.25, 0.3) is 0 Å². The van der Waals surface area contributed by atoms with Gasteiger partial charge in [0.05, 0.1) is 6.20 Å². The Hall–Kier alpha value is -1.58. The lowest BCUT2D eigenvalue weighted by molar-refractivity contribution is 0.897. The van der Waals surface area contributed by atoms with Crippen molar-refractivity contribution in [1.82, 2.24) is 14.6 Å². The number of nitrogen functional groups attached to an aromatic ring is 1. The van der Waals surface area contributed by atoms with E-state index in [0.29, 0.717) is 5.82 Å². The standard InChI is InChI=1S/C7H8N4/c1-5-4-6(8)10-7-2-3-9-11(5)7/h2-4H,1H3,(H2,8,10). The molecule has 0 radical (unpaired) electrons. The van der Waals surface area contributed by atoms with Crippen molar-refractivity contribution in [3.05, 3.63) is 24.0 Å². The predicted octanol–water partition coefficient (Wildman–Crippen LogP) is 0.620. The molecular formula is C7H8N4. The highest BCUT2D eigenvalue weighted by atomic mass is 15.2. The van der Waals surface area contributed by atoms with Crippen molar-refractivity contribution in [2.24, 2.45) is 0 Å². The van der Waals surface area contributed by atoms with Crippen LogP contribution in [0.15, 0.2) is 18.3 Å². The number of fused-ring (bicyclic) bond motifs is 1. The Labute approximate surface area is 63.7 Å². The summed E-state index contributed by atoms with van der Waals surface area (Å²) in [6.07, 6.45) is 1.70. The van der Waals surface area contributed by atoms with Gasteiger partial charge in [-0.05, 0) is 6.92 Å². The molecule has 2 N–H and O–H groups in total. The molecule has 2 heterocycles. The first-order valence-electron chi connectivity index (χ1n) is 3.34. The Morgan fingerprint density at radius 2 is 2.36 bits per heavy atom. The Bertz CT molecular complexity index is 390. The van der Waals surface area contributed by atoms with Gasteiger partial charge in [0.1, 0.15) is 5.82 Å². The summed E-state index contributed by atoms with van der Waals surface area (Å²) in [6.45, 7) is 1.94. The van der Waals surface area contributed by atoms with Crippen LogP contribution in [-0.4, -0.2) is 14.6 Å². The van der Waals surface area contributed by atoms with Crippen molar-refractivity contribution >= 4 is 11.5 Å². The number of aryl methyl sites for hydroxylation is 1. The van der Waals surface area contributed by atoms with Crippen LogP contribution in [0, 0.1) is 6.92 Å². The molecule has 2 aromatic heterocycles. The minimum atomic E-state index is 0.538. The summed E-state index contributed by atoms with van der Waals surface area (Å²) in [5.74, 6) is 0.538. The van der Waals surface area contributed by atoms with Crippen molar-refractivity contribution in [2.45, 2.75) is 6.92 Å². The SMILES string of the molecule is Cc1cc(N)nc2ccnn12. The van der Waals surface area contributed by atoms with E-state index in [2.05, 4.69) is 10.1 Å². The van der Waals surface area contributed by atoms with Gasteiger partial charge in [0.2, 0.25) is 0 Å². The fourth-order valence-corrected chi connectivity index (χ4v) is 1.09. The maximum Gasteiger partial charge on any atom is 0.157 e. The molecule has 0 fully saturated rings. The maximum absolute atomic E-state index is 5.53. The Morgan fingerprint density at radius 1 is 1.55 bits per heavy atom. The monoisotopic (exact) mass is 148 g/mol. The molecule has 2 rings (SSSR count). The van der Waals surface area contributed by atoms with E-state index in [9.17, 15) is 0 Å². The highest BCUT2D eigenvalue weighted by Gasteiger charge is 1.98. The molecule has 0 aliphatic rings. The first-order valence-corrected chi connectivity index (χ1v) is 3.34. The van der Waals surface area contributed by atoms with Gasteiger partial charge in [-0.1, -0.05) is 0 Å². The minimum Gasteiger partial charge on any atom is -0.384 e. The molecule has 0 aromatic carbocycles. The summed E-state index contributed by atoms with van der Waals surface area (Å²) < 4.78 is 1.75. The van der Waals surface area contributed by atoms with Crippen molar-refractivity contribution in [1.29, 1.82) is 0 Å². The summed E-state index contributed by atoms with van der Waals surface area (Å²) in [5.41, 5.74) is 7.32. The lowest BCUT2D eigenvalue weighted by atomic mass is 10.4. The van der Waals surface area contributed by atoms with Gasteiger partial charge in [0, 0.05) is 17.8 Å². The second kappa shape index (κ2) is 1.95. The normalized spacial score (nSPS) is 10.6. The lowest BCUT2D eigenvalue weighted by Gasteiger charge is -1.98. The summed E-state index contributed by atoms with van der Waals surface area (Å²) in [6, 6.07) is 3.61. The molecule has 56 valence electrons. The Kier molecular flexibility index (Phi) is 1.09. The molecule has 4 nitrogen and oxygen atoms in total. The third-order valence-electron chi connectivity index (χ3n) is 1.56. The van der Waals surface area contributed by atoms with E-state index in [1.807, 2.05) is 13.0 Å². The first-order chi connectivity index (χ1) is 5.27. The summed E-state index contributed by atoms with van der Waals surface area (Å²) in [7, 11) is 0. The zero-order valence-electron chi connectivity index (χ0n) is 6.15. The van der Waals surface area contributed by atoms with E-state index < -0.39 is 0 Å². The lowest BCUT2D eigenvalue weighted by Crippen LogP contribution is -1.98. The molecular weight excluding hydrogens is 140 g/mol. The summed E-state index contributed by atoms with van der Waals surface area (Å²) >= 11 is 0. The number of nitrogens with zero attached hydrogens (tertiary/aromatic N) is 3. The number of hydrogen-bond acceptors (Lipinski definition) is 3. The molecule has 0 aliphatic heterocycles. The van der Waals surface area contributed by atoms with Crippen LogP contribution in [0.2, 0.25) is 0 Å².